The van der Waals surface area contributed by atoms with Crippen LogP contribution < -0.4 is 0 Å². The fourth-order valence-electron chi connectivity index (χ4n) is 8.85. The molecule has 0 N–H and O–H groups in total. The number of allylic oxidation sites excluding steroid dienone is 1. The molecule has 30 heavy (non-hydrogen) atoms. The Bertz CT molecular complexity index is 925. The number of rotatable bonds is 2. The topological polar surface area (TPSA) is 60.4 Å². The molecule has 1 aromatic carbocycles. The predicted molar refractivity (Wildman–Crippen MR) is 108 cm³/mol. The Morgan fingerprint density at radius 1 is 0.700 bits per heavy atom. The molecule has 10 unspecified atom stereocenters. The van der Waals surface area contributed by atoms with Gasteiger partial charge in [-0.2, -0.15) is 0 Å². The van der Waals surface area contributed by atoms with E-state index in [2.05, 4.69) is 30.8 Å². The number of esters is 2. The number of hydrogen-bond acceptors (Lipinski definition) is 4. The van der Waals surface area contributed by atoms with Crippen LogP contribution in [0.1, 0.15) is 55.1 Å². The Morgan fingerprint density at radius 2 is 1.23 bits per heavy atom. The van der Waals surface area contributed by atoms with Gasteiger partial charge in [-0.25, -0.2) is 0 Å². The lowest BCUT2D eigenvalue weighted by Gasteiger charge is -2.32. The van der Waals surface area contributed by atoms with Gasteiger partial charge in [-0.1, -0.05) is 36.4 Å². The van der Waals surface area contributed by atoms with E-state index in [1.165, 1.54) is 23.1 Å². The fraction of sp³-hybridized carbons (Fsp3) is 0.577. The maximum atomic E-state index is 12.4. The van der Waals surface area contributed by atoms with E-state index in [1.54, 1.807) is 0 Å². The molecule has 0 radical (unpaired) electrons. The molecule has 0 aromatic heterocycles. The van der Waals surface area contributed by atoms with Crippen molar-refractivity contribution in [2.24, 2.45) is 47.3 Å². The van der Waals surface area contributed by atoms with Crippen molar-refractivity contribution >= 4 is 17.7 Å². The predicted octanol–water partition coefficient (Wildman–Crippen LogP) is 4.01. The van der Waals surface area contributed by atoms with E-state index in [9.17, 15) is 14.4 Å². The first kappa shape index (κ1) is 17.5. The van der Waals surface area contributed by atoms with Crippen LogP contribution in [0.4, 0.5) is 0 Å². The molecule has 6 aliphatic rings. The highest BCUT2D eigenvalue weighted by atomic mass is 16.6. The first-order chi connectivity index (χ1) is 14.5. The molecule has 5 aliphatic carbocycles. The molecule has 1 heterocycles. The molecule has 4 bridgehead atoms. The van der Waals surface area contributed by atoms with Gasteiger partial charge in [0.1, 0.15) is 5.78 Å². The molecule has 6 fully saturated rings. The lowest BCUT2D eigenvalue weighted by atomic mass is 9.71. The monoisotopic (exact) mass is 402 g/mol. The number of cyclic esters (lactones) is 2. The summed E-state index contributed by atoms with van der Waals surface area (Å²) in [5.74, 6) is 2.72. The summed E-state index contributed by atoms with van der Waals surface area (Å²) in [6.45, 7) is 4.24. The van der Waals surface area contributed by atoms with E-state index < -0.39 is 0 Å². The highest BCUT2D eigenvalue weighted by Crippen LogP contribution is 2.64. The van der Waals surface area contributed by atoms with Gasteiger partial charge in [-0.15, -0.1) is 0 Å². The molecule has 1 aliphatic heterocycles. The maximum absolute atomic E-state index is 12.4. The summed E-state index contributed by atoms with van der Waals surface area (Å²) >= 11 is 0. The molecule has 4 nitrogen and oxygen atoms in total. The van der Waals surface area contributed by atoms with Gasteiger partial charge in [0, 0.05) is 12.3 Å². The minimum absolute atomic E-state index is 0.178. The van der Waals surface area contributed by atoms with Gasteiger partial charge in [0.2, 0.25) is 0 Å². The number of carbonyl (C=O) groups excluding carboxylic acids is 3. The Hall–Kier alpha value is -2.23. The van der Waals surface area contributed by atoms with Gasteiger partial charge < -0.3 is 4.74 Å². The molecule has 4 heteroatoms. The molecule has 7 rings (SSSR count). The minimum Gasteiger partial charge on any atom is -0.393 e. The largest absolute Gasteiger partial charge is 0.393 e. The first-order valence-corrected chi connectivity index (χ1v) is 11.6. The SMILES string of the molecule is C=C1CC(=O)C2C3CC(c4ccc(C5CC6CC5C5C(=O)OC(=O)C65)cc4)C(C3)C12. The van der Waals surface area contributed by atoms with Gasteiger partial charge in [-0.05, 0) is 78.2 Å². The molecule has 1 aromatic rings. The van der Waals surface area contributed by atoms with Crippen LogP contribution in [-0.2, 0) is 19.1 Å². The number of ketones is 1. The number of benzene rings is 1. The van der Waals surface area contributed by atoms with E-state index in [0.717, 1.165) is 19.3 Å². The number of Topliss-reactive ketones (excluding diaryl/α,β-unsaturated/α-hetero) is 1. The first-order valence-electron chi connectivity index (χ1n) is 11.6. The van der Waals surface area contributed by atoms with Crippen molar-refractivity contribution < 1.29 is 19.1 Å². The normalized spacial score (nSPS) is 47.9. The summed E-state index contributed by atoms with van der Waals surface area (Å²) < 4.78 is 4.95. The van der Waals surface area contributed by atoms with Crippen LogP contribution in [0.5, 0.6) is 0 Å². The second kappa shape index (κ2) is 5.72. The quantitative estimate of drug-likeness (QED) is 0.426. The Labute approximate surface area is 176 Å². The summed E-state index contributed by atoms with van der Waals surface area (Å²) in [5, 5.41) is 0. The molecular weight excluding hydrogens is 376 g/mol. The van der Waals surface area contributed by atoms with Crippen molar-refractivity contribution in [3.8, 4) is 0 Å². The number of carbonyl (C=O) groups is 3. The van der Waals surface area contributed by atoms with Crippen molar-refractivity contribution in [1.82, 2.24) is 0 Å². The van der Waals surface area contributed by atoms with E-state index in [-0.39, 0.29) is 35.6 Å². The van der Waals surface area contributed by atoms with Gasteiger partial charge in [-0.3, -0.25) is 14.4 Å². The third-order valence-corrected chi connectivity index (χ3v) is 9.79. The van der Waals surface area contributed by atoms with Crippen LogP contribution in [0, 0.1) is 47.3 Å². The molecular formula is C26H26O4. The van der Waals surface area contributed by atoms with E-state index in [0.29, 0.717) is 47.7 Å². The second-order valence-corrected chi connectivity index (χ2v) is 10.8. The smallest absolute Gasteiger partial charge is 0.317 e. The third-order valence-electron chi connectivity index (χ3n) is 9.79. The van der Waals surface area contributed by atoms with Crippen LogP contribution in [-0.4, -0.2) is 17.7 Å². The van der Waals surface area contributed by atoms with Gasteiger partial charge in [0.15, 0.2) is 0 Å². The van der Waals surface area contributed by atoms with Crippen molar-refractivity contribution in [2.75, 3.05) is 0 Å². The summed E-state index contributed by atoms with van der Waals surface area (Å²) in [6.07, 6.45) is 4.89. The van der Waals surface area contributed by atoms with Crippen LogP contribution >= 0.6 is 0 Å². The number of hydrogen-bond donors (Lipinski definition) is 0. The number of fused-ring (bicyclic) bond motifs is 10. The average Bonchev–Trinajstić information content (AvgIpc) is 3.54. The molecule has 0 spiro atoms. The van der Waals surface area contributed by atoms with Crippen molar-refractivity contribution in [3.05, 3.63) is 47.5 Å². The standard InChI is InChI=1S/C26H26O4/c1-11-6-20(27)22-14-7-16(18(9-14)21(11)22)12-2-4-13(5-3-12)17-8-15-10-19(17)24-23(15)25(28)30-26(24)29/h2-5,14-19,21-24H,1,6-10H2. The average molecular weight is 402 g/mol. The summed E-state index contributed by atoms with van der Waals surface area (Å²) in [4.78, 5) is 36.6. The highest BCUT2D eigenvalue weighted by molar-refractivity contribution is 5.97. The van der Waals surface area contributed by atoms with E-state index >= 15 is 0 Å². The van der Waals surface area contributed by atoms with Crippen LogP contribution in [0.15, 0.2) is 36.4 Å². The highest BCUT2D eigenvalue weighted by Gasteiger charge is 2.63. The van der Waals surface area contributed by atoms with Crippen LogP contribution in [0.2, 0.25) is 0 Å². The van der Waals surface area contributed by atoms with Crippen LogP contribution in [0.3, 0.4) is 0 Å². The lowest BCUT2D eigenvalue weighted by molar-refractivity contribution is -0.154. The molecule has 0 amide bonds. The Morgan fingerprint density at radius 3 is 1.87 bits per heavy atom. The van der Waals surface area contributed by atoms with Gasteiger partial charge in [0.25, 0.3) is 0 Å². The van der Waals surface area contributed by atoms with Gasteiger partial charge >= 0.3 is 11.9 Å². The zero-order valence-electron chi connectivity index (χ0n) is 17.0. The van der Waals surface area contributed by atoms with E-state index in [4.69, 9.17) is 4.74 Å². The Kier molecular flexibility index (Phi) is 3.32. The number of ether oxygens (including phenoxy) is 1. The summed E-state index contributed by atoms with van der Waals surface area (Å²) in [7, 11) is 0. The van der Waals surface area contributed by atoms with Crippen molar-refractivity contribution in [1.29, 1.82) is 0 Å². The summed E-state index contributed by atoms with van der Waals surface area (Å²) in [6, 6.07) is 9.10. The fourth-order valence-corrected chi connectivity index (χ4v) is 8.85. The maximum Gasteiger partial charge on any atom is 0.317 e. The minimum atomic E-state index is -0.290. The van der Waals surface area contributed by atoms with Crippen LogP contribution in [0.25, 0.3) is 0 Å². The summed E-state index contributed by atoms with van der Waals surface area (Å²) in [5.41, 5.74) is 3.88. The molecule has 1 saturated heterocycles. The molecule has 10 atom stereocenters. The molecule has 5 saturated carbocycles. The van der Waals surface area contributed by atoms with E-state index in [1.807, 2.05) is 0 Å². The Balaban J connectivity index is 1.13. The van der Waals surface area contributed by atoms with Crippen molar-refractivity contribution in [3.63, 3.8) is 0 Å². The van der Waals surface area contributed by atoms with Crippen molar-refractivity contribution in [2.45, 2.75) is 43.9 Å². The zero-order valence-corrected chi connectivity index (χ0v) is 17.0. The zero-order chi connectivity index (χ0) is 20.3. The van der Waals surface area contributed by atoms with Gasteiger partial charge in [0.05, 0.1) is 11.8 Å². The second-order valence-electron chi connectivity index (χ2n) is 10.8. The third kappa shape index (κ3) is 2.05. The lowest BCUT2D eigenvalue weighted by Crippen LogP contribution is -2.29. The molecule has 154 valence electrons.